The Bertz CT molecular complexity index is 870. The van der Waals surface area contributed by atoms with Crippen molar-refractivity contribution in [3.63, 3.8) is 0 Å². The third kappa shape index (κ3) is 2.80. The second-order valence-electron chi connectivity index (χ2n) is 6.01. The van der Waals surface area contributed by atoms with Crippen LogP contribution in [0.3, 0.4) is 0 Å². The number of hydrogen-bond acceptors (Lipinski definition) is 3. The fraction of sp³-hybridized carbons (Fsp3) is 0.211. The molecular formula is C19H18N4O. The molecule has 0 spiro atoms. The van der Waals surface area contributed by atoms with Crippen molar-refractivity contribution in [2.24, 2.45) is 0 Å². The van der Waals surface area contributed by atoms with Crippen molar-refractivity contribution >= 4 is 11.6 Å². The Morgan fingerprint density at radius 1 is 1.08 bits per heavy atom. The van der Waals surface area contributed by atoms with Gasteiger partial charge in [-0.3, -0.25) is 14.9 Å². The number of aryl methyl sites for hydroxylation is 1. The maximum Gasteiger partial charge on any atom is 0.273 e. The molecule has 1 aromatic carbocycles. The number of fused-ring (bicyclic) bond motifs is 1. The zero-order valence-corrected chi connectivity index (χ0v) is 13.2. The predicted molar refractivity (Wildman–Crippen MR) is 92.9 cm³/mol. The molecule has 24 heavy (non-hydrogen) atoms. The summed E-state index contributed by atoms with van der Waals surface area (Å²) in [5, 5.41) is 10.1. The molecule has 5 heteroatoms. The molecule has 1 amide bonds. The summed E-state index contributed by atoms with van der Waals surface area (Å²) in [7, 11) is 0. The molecule has 1 aliphatic rings. The van der Waals surface area contributed by atoms with Crippen molar-refractivity contribution in [1.82, 2.24) is 15.2 Å². The summed E-state index contributed by atoms with van der Waals surface area (Å²) in [4.78, 5) is 16.5. The number of aromatic amines is 1. The molecule has 2 aromatic heterocycles. The lowest BCUT2D eigenvalue weighted by molar-refractivity contribution is 0.102. The molecule has 0 saturated carbocycles. The molecule has 2 heterocycles. The highest BCUT2D eigenvalue weighted by molar-refractivity contribution is 6.04. The van der Waals surface area contributed by atoms with E-state index in [-0.39, 0.29) is 5.91 Å². The van der Waals surface area contributed by atoms with E-state index in [4.69, 9.17) is 0 Å². The van der Waals surface area contributed by atoms with Gasteiger partial charge >= 0.3 is 0 Å². The monoisotopic (exact) mass is 318 g/mol. The molecule has 5 nitrogen and oxygen atoms in total. The number of amides is 1. The van der Waals surface area contributed by atoms with Gasteiger partial charge in [0.2, 0.25) is 0 Å². The molecule has 0 unspecified atom stereocenters. The number of nitrogens with one attached hydrogen (secondary N) is 2. The Labute approximate surface area is 140 Å². The van der Waals surface area contributed by atoms with Gasteiger partial charge in [0.15, 0.2) is 0 Å². The zero-order chi connectivity index (χ0) is 16.4. The maximum atomic E-state index is 12.5. The average molecular weight is 318 g/mol. The first-order valence-electron chi connectivity index (χ1n) is 8.19. The maximum absolute atomic E-state index is 12.5. The molecule has 2 N–H and O–H groups in total. The number of benzene rings is 1. The van der Waals surface area contributed by atoms with E-state index in [2.05, 4.69) is 26.6 Å². The quantitative estimate of drug-likeness (QED) is 0.775. The number of carbonyl (C=O) groups excluding carboxylic acids is 1. The highest BCUT2D eigenvalue weighted by Crippen LogP contribution is 2.28. The first-order chi connectivity index (χ1) is 11.8. The van der Waals surface area contributed by atoms with Gasteiger partial charge in [-0.25, -0.2) is 0 Å². The first-order valence-corrected chi connectivity index (χ1v) is 8.19. The van der Waals surface area contributed by atoms with E-state index in [9.17, 15) is 4.79 Å². The first kappa shape index (κ1) is 14.6. The Kier molecular flexibility index (Phi) is 3.83. The fourth-order valence-corrected chi connectivity index (χ4v) is 3.20. The second kappa shape index (κ2) is 6.28. The number of anilines is 1. The second-order valence-corrected chi connectivity index (χ2v) is 6.01. The van der Waals surface area contributed by atoms with E-state index in [1.54, 1.807) is 18.5 Å². The number of H-pyrrole nitrogens is 1. The minimum Gasteiger partial charge on any atom is -0.320 e. The summed E-state index contributed by atoms with van der Waals surface area (Å²) in [5.41, 5.74) is 5.65. The molecule has 0 atom stereocenters. The van der Waals surface area contributed by atoms with Gasteiger partial charge in [-0.2, -0.15) is 5.10 Å². The zero-order valence-electron chi connectivity index (χ0n) is 13.2. The van der Waals surface area contributed by atoms with Crippen LogP contribution in [-0.2, 0) is 12.8 Å². The van der Waals surface area contributed by atoms with E-state index in [1.807, 2.05) is 24.3 Å². The smallest absolute Gasteiger partial charge is 0.273 e. The average Bonchev–Trinajstić information content (AvgIpc) is 3.13. The minimum atomic E-state index is -0.165. The largest absolute Gasteiger partial charge is 0.320 e. The molecule has 0 saturated heterocycles. The number of carbonyl (C=O) groups is 1. The van der Waals surface area contributed by atoms with Gasteiger partial charge < -0.3 is 5.32 Å². The van der Waals surface area contributed by atoms with Crippen molar-refractivity contribution in [3.8, 4) is 11.3 Å². The van der Waals surface area contributed by atoms with Crippen molar-refractivity contribution in [3.05, 3.63) is 65.6 Å². The minimum absolute atomic E-state index is 0.165. The third-order valence-electron chi connectivity index (χ3n) is 4.44. The van der Waals surface area contributed by atoms with Gasteiger partial charge in [0, 0.05) is 23.6 Å². The number of hydrogen-bond donors (Lipinski definition) is 2. The van der Waals surface area contributed by atoms with Crippen LogP contribution >= 0.6 is 0 Å². The highest BCUT2D eigenvalue weighted by Gasteiger charge is 2.16. The summed E-state index contributed by atoms with van der Waals surface area (Å²) in [6.07, 6.45) is 7.93. The molecule has 0 bridgehead atoms. The van der Waals surface area contributed by atoms with Crippen LogP contribution in [0, 0.1) is 0 Å². The van der Waals surface area contributed by atoms with Crippen LogP contribution in [0.4, 0.5) is 5.69 Å². The molecular weight excluding hydrogens is 300 g/mol. The van der Waals surface area contributed by atoms with Crippen LogP contribution < -0.4 is 5.32 Å². The molecule has 0 aliphatic heterocycles. The van der Waals surface area contributed by atoms with Gasteiger partial charge in [0.25, 0.3) is 5.91 Å². The summed E-state index contributed by atoms with van der Waals surface area (Å²) in [6.45, 7) is 0. The Morgan fingerprint density at radius 2 is 1.92 bits per heavy atom. The number of pyridine rings is 1. The molecule has 0 radical (unpaired) electrons. The lowest BCUT2D eigenvalue weighted by atomic mass is 9.90. The summed E-state index contributed by atoms with van der Waals surface area (Å²) < 4.78 is 0. The van der Waals surface area contributed by atoms with Crippen LogP contribution in [0.2, 0.25) is 0 Å². The molecule has 4 rings (SSSR count). The highest BCUT2D eigenvalue weighted by atomic mass is 16.1. The number of aromatic nitrogens is 3. The van der Waals surface area contributed by atoms with Crippen molar-refractivity contribution in [2.45, 2.75) is 25.7 Å². The van der Waals surface area contributed by atoms with E-state index in [1.165, 1.54) is 24.0 Å². The van der Waals surface area contributed by atoms with E-state index in [0.29, 0.717) is 5.69 Å². The Morgan fingerprint density at radius 3 is 2.79 bits per heavy atom. The van der Waals surface area contributed by atoms with Gasteiger partial charge in [0.05, 0.1) is 5.69 Å². The summed E-state index contributed by atoms with van der Waals surface area (Å²) >= 11 is 0. The molecule has 0 fully saturated rings. The lowest BCUT2D eigenvalue weighted by Gasteiger charge is -2.19. The third-order valence-corrected chi connectivity index (χ3v) is 4.44. The topological polar surface area (TPSA) is 70.7 Å². The normalized spacial score (nSPS) is 13.3. The van der Waals surface area contributed by atoms with Crippen LogP contribution in [0.5, 0.6) is 0 Å². The Hall–Kier alpha value is -2.95. The van der Waals surface area contributed by atoms with Crippen molar-refractivity contribution < 1.29 is 4.79 Å². The van der Waals surface area contributed by atoms with Gasteiger partial charge in [-0.15, -0.1) is 0 Å². The van der Waals surface area contributed by atoms with Crippen molar-refractivity contribution in [2.75, 3.05) is 5.32 Å². The van der Waals surface area contributed by atoms with Gasteiger partial charge in [-0.1, -0.05) is 12.1 Å². The molecule has 120 valence electrons. The number of nitrogens with zero attached hydrogens (tertiary/aromatic N) is 2. The van der Waals surface area contributed by atoms with Gasteiger partial charge in [-0.05, 0) is 61.1 Å². The van der Waals surface area contributed by atoms with Crippen LogP contribution in [-0.4, -0.2) is 21.1 Å². The van der Waals surface area contributed by atoms with Gasteiger partial charge in [0.1, 0.15) is 5.69 Å². The standard InChI is InChI=1S/C19H18N4O/c24-19(18-12-17(22-23-18)14-8-10-20-11-9-14)21-16-7-3-5-13-4-1-2-6-15(13)16/h3,5,7-12H,1-2,4,6H2,(H,21,24)(H,22,23). The van der Waals surface area contributed by atoms with E-state index in [0.717, 1.165) is 29.8 Å². The fourth-order valence-electron chi connectivity index (χ4n) is 3.20. The van der Waals surface area contributed by atoms with Crippen molar-refractivity contribution in [1.29, 1.82) is 0 Å². The molecule has 3 aromatic rings. The summed E-state index contributed by atoms with van der Waals surface area (Å²) in [5.74, 6) is -0.165. The van der Waals surface area contributed by atoms with Crippen LogP contribution in [0.15, 0.2) is 48.8 Å². The Balaban J connectivity index is 1.56. The molecule has 1 aliphatic carbocycles. The SMILES string of the molecule is O=C(Nc1cccc2c1CCCC2)c1cc(-c2ccncc2)n[nH]1. The van der Waals surface area contributed by atoms with Crippen LogP contribution in [0.1, 0.15) is 34.5 Å². The summed E-state index contributed by atoms with van der Waals surface area (Å²) in [6, 6.07) is 11.6. The number of rotatable bonds is 3. The van der Waals surface area contributed by atoms with E-state index < -0.39 is 0 Å². The predicted octanol–water partition coefficient (Wildman–Crippen LogP) is 3.60. The van der Waals surface area contributed by atoms with Crippen LogP contribution in [0.25, 0.3) is 11.3 Å². The lowest BCUT2D eigenvalue weighted by Crippen LogP contribution is -2.15. The van der Waals surface area contributed by atoms with E-state index >= 15 is 0 Å².